The van der Waals surface area contributed by atoms with Crippen molar-refractivity contribution in [2.45, 2.75) is 13.0 Å². The van der Waals surface area contributed by atoms with Gasteiger partial charge in [0.1, 0.15) is 11.5 Å². The van der Waals surface area contributed by atoms with Crippen molar-refractivity contribution in [2.24, 2.45) is 5.10 Å². The first-order chi connectivity index (χ1) is 15.7. The number of esters is 1. The molecule has 0 aliphatic heterocycles. The van der Waals surface area contributed by atoms with E-state index in [4.69, 9.17) is 55.9 Å². The lowest BCUT2D eigenvalue weighted by atomic mass is 10.2. The summed E-state index contributed by atoms with van der Waals surface area (Å²) in [5.74, 6) is -0.526. The first kappa shape index (κ1) is 24.9. The minimum absolute atomic E-state index is 0.183. The summed E-state index contributed by atoms with van der Waals surface area (Å²) in [4.78, 5) is 24.6. The molecule has 0 unspecified atom stereocenters. The van der Waals surface area contributed by atoms with E-state index in [1.165, 1.54) is 24.4 Å². The van der Waals surface area contributed by atoms with E-state index in [2.05, 4.69) is 10.5 Å². The van der Waals surface area contributed by atoms with Gasteiger partial charge in [-0.1, -0.05) is 58.5 Å². The van der Waals surface area contributed by atoms with Crippen molar-refractivity contribution >= 4 is 64.5 Å². The molecule has 0 saturated heterocycles. The molecule has 10 heteroatoms. The van der Waals surface area contributed by atoms with Crippen molar-refractivity contribution in [3.63, 3.8) is 0 Å². The zero-order valence-electron chi connectivity index (χ0n) is 17.0. The molecule has 1 N–H and O–H groups in total. The molecule has 3 rings (SSSR count). The Kier molecular flexibility index (Phi) is 8.58. The number of hydrogen-bond donors (Lipinski definition) is 1. The Bertz CT molecular complexity index is 1220. The van der Waals surface area contributed by atoms with E-state index in [-0.39, 0.29) is 21.4 Å². The maximum absolute atomic E-state index is 12.4. The topological polar surface area (TPSA) is 77.0 Å². The highest BCUT2D eigenvalue weighted by atomic mass is 35.5. The van der Waals surface area contributed by atoms with Crippen LogP contribution < -0.4 is 14.9 Å². The molecule has 0 radical (unpaired) electrons. The molecular weight excluding hydrogens is 510 g/mol. The van der Waals surface area contributed by atoms with Gasteiger partial charge in [0.15, 0.2) is 6.10 Å². The molecule has 0 bridgehead atoms. The summed E-state index contributed by atoms with van der Waals surface area (Å²) in [6, 6.07) is 15.7. The molecule has 3 aromatic carbocycles. The van der Waals surface area contributed by atoms with Crippen molar-refractivity contribution in [2.75, 3.05) is 0 Å². The van der Waals surface area contributed by atoms with E-state index < -0.39 is 18.0 Å². The van der Waals surface area contributed by atoms with Crippen LogP contribution in [-0.4, -0.2) is 24.2 Å². The number of halogens is 4. The zero-order chi connectivity index (χ0) is 24.0. The second kappa shape index (κ2) is 11.4. The Labute approximate surface area is 210 Å². The van der Waals surface area contributed by atoms with E-state index in [1.807, 2.05) is 0 Å². The Hall–Kier alpha value is -2.77. The molecule has 0 fully saturated rings. The second-order valence-electron chi connectivity index (χ2n) is 6.66. The quantitative estimate of drug-likeness (QED) is 0.167. The van der Waals surface area contributed by atoms with Crippen molar-refractivity contribution in [1.29, 1.82) is 0 Å². The molecule has 170 valence electrons. The number of nitrogens with zero attached hydrogens (tertiary/aromatic N) is 1. The molecule has 0 spiro atoms. The second-order valence-corrected chi connectivity index (χ2v) is 8.34. The van der Waals surface area contributed by atoms with E-state index in [1.54, 1.807) is 49.4 Å². The molecule has 0 aromatic heterocycles. The molecule has 1 atom stereocenters. The largest absolute Gasteiger partial charge is 0.479 e. The van der Waals surface area contributed by atoms with Crippen molar-refractivity contribution in [3.05, 3.63) is 91.9 Å². The number of amides is 1. The zero-order valence-corrected chi connectivity index (χ0v) is 20.0. The van der Waals surface area contributed by atoms with Crippen LogP contribution in [0, 0.1) is 0 Å². The van der Waals surface area contributed by atoms with Gasteiger partial charge in [-0.25, -0.2) is 10.2 Å². The Morgan fingerprint density at radius 3 is 2.33 bits per heavy atom. The number of nitrogens with one attached hydrogen (secondary N) is 1. The number of hydrogen-bond acceptors (Lipinski definition) is 5. The van der Waals surface area contributed by atoms with Gasteiger partial charge in [0.2, 0.25) is 0 Å². The summed E-state index contributed by atoms with van der Waals surface area (Å²) < 4.78 is 10.9. The number of rotatable bonds is 7. The molecule has 3 aromatic rings. The molecule has 0 aliphatic rings. The SMILES string of the molecule is C[C@@H](Oc1ccc(Cl)cc1Cl)C(=O)N/N=C\c1cccc(OC(=O)c2ccc(Cl)cc2Cl)c1. The minimum Gasteiger partial charge on any atom is -0.479 e. The minimum atomic E-state index is -0.864. The van der Waals surface area contributed by atoms with Crippen molar-refractivity contribution < 1.29 is 19.1 Å². The van der Waals surface area contributed by atoms with E-state index >= 15 is 0 Å². The lowest BCUT2D eigenvalue weighted by Crippen LogP contribution is -2.33. The van der Waals surface area contributed by atoms with Crippen LogP contribution in [0.25, 0.3) is 0 Å². The first-order valence-corrected chi connectivity index (χ1v) is 11.0. The third-order valence-corrected chi connectivity index (χ3v) is 5.25. The average Bonchev–Trinajstić information content (AvgIpc) is 2.75. The van der Waals surface area contributed by atoms with Gasteiger partial charge in [0, 0.05) is 10.0 Å². The molecule has 0 heterocycles. The van der Waals surface area contributed by atoms with Crippen molar-refractivity contribution in [3.8, 4) is 11.5 Å². The number of carbonyl (C=O) groups is 2. The predicted octanol–water partition coefficient (Wildman–Crippen LogP) is 6.44. The monoisotopic (exact) mass is 524 g/mol. The average molecular weight is 526 g/mol. The van der Waals surface area contributed by atoms with Crippen LogP contribution >= 0.6 is 46.4 Å². The standard InChI is InChI=1S/C23H16Cl4N2O4/c1-13(32-21-8-6-16(25)11-20(21)27)22(30)29-28-12-14-3-2-4-17(9-14)33-23(31)18-7-5-15(24)10-19(18)26/h2-13H,1H3,(H,29,30)/b28-12-/t13-/m1/s1. The van der Waals surface area contributed by atoms with Gasteiger partial charge in [-0.3, -0.25) is 4.79 Å². The summed E-state index contributed by atoms with van der Waals surface area (Å²) in [6.45, 7) is 1.55. The lowest BCUT2D eigenvalue weighted by Gasteiger charge is -2.14. The Balaban J connectivity index is 1.58. The molecule has 0 aliphatic carbocycles. The summed E-state index contributed by atoms with van der Waals surface area (Å²) in [5.41, 5.74) is 3.14. The van der Waals surface area contributed by atoms with Gasteiger partial charge < -0.3 is 9.47 Å². The summed E-state index contributed by atoms with van der Waals surface area (Å²) >= 11 is 23.8. The number of benzene rings is 3. The van der Waals surface area contributed by atoms with Gasteiger partial charge in [0.05, 0.1) is 21.8 Å². The smallest absolute Gasteiger partial charge is 0.345 e. The fraction of sp³-hybridized carbons (Fsp3) is 0.0870. The molecule has 6 nitrogen and oxygen atoms in total. The van der Waals surface area contributed by atoms with Crippen LogP contribution in [0.3, 0.4) is 0 Å². The number of hydrazone groups is 1. The lowest BCUT2D eigenvalue weighted by molar-refractivity contribution is -0.127. The Morgan fingerprint density at radius 2 is 1.64 bits per heavy atom. The van der Waals surface area contributed by atoms with Crippen LogP contribution in [0.5, 0.6) is 11.5 Å². The van der Waals surface area contributed by atoms with E-state index in [0.717, 1.165) is 0 Å². The van der Waals surface area contributed by atoms with Crippen LogP contribution in [0.2, 0.25) is 20.1 Å². The molecular formula is C23H16Cl4N2O4. The van der Waals surface area contributed by atoms with E-state index in [9.17, 15) is 9.59 Å². The summed E-state index contributed by atoms with van der Waals surface area (Å²) in [6.07, 6.45) is 0.532. The van der Waals surface area contributed by atoms with Crippen LogP contribution in [-0.2, 0) is 4.79 Å². The van der Waals surface area contributed by atoms with E-state index in [0.29, 0.717) is 21.4 Å². The van der Waals surface area contributed by atoms with Gasteiger partial charge in [-0.2, -0.15) is 5.10 Å². The third kappa shape index (κ3) is 7.11. The van der Waals surface area contributed by atoms with Crippen molar-refractivity contribution in [1.82, 2.24) is 5.43 Å². The maximum Gasteiger partial charge on any atom is 0.345 e. The van der Waals surface area contributed by atoms with Crippen LogP contribution in [0.15, 0.2) is 65.8 Å². The van der Waals surface area contributed by atoms with Crippen LogP contribution in [0.1, 0.15) is 22.8 Å². The molecule has 1 amide bonds. The highest BCUT2D eigenvalue weighted by Gasteiger charge is 2.16. The predicted molar refractivity (Wildman–Crippen MR) is 130 cm³/mol. The van der Waals surface area contributed by atoms with Crippen LogP contribution in [0.4, 0.5) is 0 Å². The highest BCUT2D eigenvalue weighted by Crippen LogP contribution is 2.28. The van der Waals surface area contributed by atoms with Gasteiger partial charge >= 0.3 is 5.97 Å². The van der Waals surface area contributed by atoms with Gasteiger partial charge in [-0.15, -0.1) is 0 Å². The molecule has 0 saturated carbocycles. The summed E-state index contributed by atoms with van der Waals surface area (Å²) in [5, 5.41) is 5.25. The Morgan fingerprint density at radius 1 is 0.939 bits per heavy atom. The number of carbonyl (C=O) groups excluding carboxylic acids is 2. The third-order valence-electron chi connectivity index (χ3n) is 4.17. The van der Waals surface area contributed by atoms with Gasteiger partial charge in [0.25, 0.3) is 5.91 Å². The fourth-order valence-corrected chi connectivity index (χ4v) is 3.49. The fourth-order valence-electron chi connectivity index (χ4n) is 2.55. The highest BCUT2D eigenvalue weighted by molar-refractivity contribution is 6.36. The maximum atomic E-state index is 12.4. The van der Waals surface area contributed by atoms with Gasteiger partial charge in [-0.05, 0) is 61.0 Å². The normalized spacial score (nSPS) is 11.8. The summed E-state index contributed by atoms with van der Waals surface area (Å²) in [7, 11) is 0. The first-order valence-electron chi connectivity index (χ1n) is 9.45. The molecule has 33 heavy (non-hydrogen) atoms. The number of ether oxygens (including phenoxy) is 2.